The Morgan fingerprint density at radius 3 is 2.92 bits per heavy atom. The third-order valence-corrected chi connectivity index (χ3v) is 4.84. The molecule has 132 valence electrons. The monoisotopic (exact) mass is 360 g/mol. The number of rotatable bonds is 4. The maximum absolute atomic E-state index is 12.5. The van der Waals surface area contributed by atoms with E-state index in [0.717, 1.165) is 32.2 Å². The van der Waals surface area contributed by atoms with Crippen molar-refractivity contribution in [1.29, 1.82) is 0 Å². The Labute approximate surface area is 151 Å². The van der Waals surface area contributed by atoms with E-state index in [4.69, 9.17) is 16.3 Å². The molecule has 1 fully saturated rings. The normalized spacial score (nSPS) is 17.5. The van der Waals surface area contributed by atoms with Crippen molar-refractivity contribution in [3.05, 3.63) is 41.0 Å². The van der Waals surface area contributed by atoms with E-state index in [1.807, 2.05) is 17.0 Å². The molecule has 1 amide bonds. The van der Waals surface area contributed by atoms with Crippen LogP contribution in [0.3, 0.4) is 0 Å². The number of halogens is 1. The van der Waals surface area contributed by atoms with Crippen LogP contribution in [0.1, 0.15) is 43.0 Å². The number of hydrogen-bond acceptors (Lipinski definition) is 4. The summed E-state index contributed by atoms with van der Waals surface area (Å²) in [5.41, 5.74) is 0.949. The summed E-state index contributed by atoms with van der Waals surface area (Å²) in [5.74, 6) is -0.691. The number of carbonyl (C=O) groups excluding carboxylic acids is 2. The number of nitrogens with zero attached hydrogens (tertiary/aromatic N) is 2. The molecule has 1 aliphatic heterocycles. The highest BCUT2D eigenvalue weighted by Gasteiger charge is 2.26. The van der Waals surface area contributed by atoms with Crippen LogP contribution in [-0.4, -0.2) is 41.0 Å². The molecule has 6 heteroatoms. The maximum atomic E-state index is 12.5. The van der Waals surface area contributed by atoms with Crippen molar-refractivity contribution < 1.29 is 14.3 Å². The number of benzene rings is 1. The molecule has 2 aromatic rings. The Kier molecular flexibility index (Phi) is 5.53. The van der Waals surface area contributed by atoms with Crippen molar-refractivity contribution in [1.82, 2.24) is 9.88 Å². The van der Waals surface area contributed by atoms with Gasteiger partial charge in [0.1, 0.15) is 5.15 Å². The van der Waals surface area contributed by atoms with Gasteiger partial charge in [0.15, 0.2) is 6.61 Å². The average molecular weight is 361 g/mol. The Morgan fingerprint density at radius 1 is 1.32 bits per heavy atom. The van der Waals surface area contributed by atoms with Crippen LogP contribution in [0.25, 0.3) is 10.9 Å². The fourth-order valence-corrected chi connectivity index (χ4v) is 3.55. The maximum Gasteiger partial charge on any atom is 0.339 e. The van der Waals surface area contributed by atoms with Gasteiger partial charge in [0.25, 0.3) is 5.91 Å². The van der Waals surface area contributed by atoms with Gasteiger partial charge >= 0.3 is 5.97 Å². The SMILES string of the molecule is CC[C@@H]1CCCCN1C(=O)COC(=O)c1cc(Cl)nc2ccccc12. The van der Waals surface area contributed by atoms with Gasteiger partial charge in [0.05, 0.1) is 11.1 Å². The molecule has 2 heterocycles. The van der Waals surface area contributed by atoms with Crippen molar-refractivity contribution in [3.8, 4) is 0 Å². The Bertz CT molecular complexity index is 793. The number of piperidine rings is 1. The average Bonchev–Trinajstić information content (AvgIpc) is 2.65. The van der Waals surface area contributed by atoms with Gasteiger partial charge in [0.2, 0.25) is 0 Å². The largest absolute Gasteiger partial charge is 0.452 e. The van der Waals surface area contributed by atoms with Gasteiger partial charge < -0.3 is 9.64 Å². The minimum atomic E-state index is -0.557. The highest BCUT2D eigenvalue weighted by Crippen LogP contribution is 2.22. The molecule has 1 aromatic carbocycles. The first-order valence-corrected chi connectivity index (χ1v) is 9.00. The summed E-state index contributed by atoms with van der Waals surface area (Å²) in [4.78, 5) is 30.9. The number of carbonyl (C=O) groups is 2. The smallest absolute Gasteiger partial charge is 0.339 e. The van der Waals surface area contributed by atoms with Gasteiger partial charge in [-0.05, 0) is 37.8 Å². The van der Waals surface area contributed by atoms with Crippen LogP contribution in [0.15, 0.2) is 30.3 Å². The van der Waals surface area contributed by atoms with Crippen LogP contribution >= 0.6 is 11.6 Å². The molecule has 0 saturated carbocycles. The molecule has 0 N–H and O–H groups in total. The molecule has 1 aliphatic rings. The van der Waals surface area contributed by atoms with E-state index in [2.05, 4.69) is 11.9 Å². The zero-order chi connectivity index (χ0) is 17.8. The Hall–Kier alpha value is -2.14. The lowest BCUT2D eigenvalue weighted by Gasteiger charge is -2.35. The molecular weight excluding hydrogens is 340 g/mol. The van der Waals surface area contributed by atoms with Crippen molar-refractivity contribution >= 4 is 34.4 Å². The number of para-hydroxylation sites is 1. The highest BCUT2D eigenvalue weighted by molar-refractivity contribution is 6.30. The molecular formula is C19H21ClN2O3. The second-order valence-electron chi connectivity index (χ2n) is 6.23. The first-order chi connectivity index (χ1) is 12.1. The lowest BCUT2D eigenvalue weighted by molar-refractivity contribution is -0.138. The summed E-state index contributed by atoms with van der Waals surface area (Å²) in [7, 11) is 0. The molecule has 0 aliphatic carbocycles. The lowest BCUT2D eigenvalue weighted by Crippen LogP contribution is -2.45. The van der Waals surface area contributed by atoms with Crippen LogP contribution in [0.5, 0.6) is 0 Å². The molecule has 5 nitrogen and oxygen atoms in total. The number of pyridine rings is 1. The summed E-state index contributed by atoms with van der Waals surface area (Å²) in [6.07, 6.45) is 4.08. The van der Waals surface area contributed by atoms with Crippen molar-refractivity contribution in [3.63, 3.8) is 0 Å². The topological polar surface area (TPSA) is 59.5 Å². The summed E-state index contributed by atoms with van der Waals surface area (Å²) in [5, 5.41) is 0.882. The first-order valence-electron chi connectivity index (χ1n) is 8.62. The van der Waals surface area contributed by atoms with E-state index in [1.54, 1.807) is 12.1 Å². The standard InChI is InChI=1S/C19H21ClN2O3/c1-2-13-7-5-6-10-22(13)18(23)12-25-19(24)15-11-17(20)21-16-9-4-3-8-14(15)16/h3-4,8-9,11,13H,2,5-7,10,12H2,1H3/t13-/m1/s1. The van der Waals surface area contributed by atoms with Gasteiger partial charge in [-0.2, -0.15) is 0 Å². The van der Waals surface area contributed by atoms with Crippen LogP contribution in [0.4, 0.5) is 0 Å². The summed E-state index contributed by atoms with van der Waals surface area (Å²) < 4.78 is 5.28. The van der Waals surface area contributed by atoms with Crippen LogP contribution in [0.2, 0.25) is 5.15 Å². The second-order valence-corrected chi connectivity index (χ2v) is 6.62. The van der Waals surface area contributed by atoms with Gasteiger partial charge in [0, 0.05) is 18.0 Å². The van der Waals surface area contributed by atoms with Gasteiger partial charge in [-0.15, -0.1) is 0 Å². The summed E-state index contributed by atoms with van der Waals surface area (Å²) in [6, 6.07) is 8.94. The van der Waals surface area contributed by atoms with Gasteiger partial charge in [-0.3, -0.25) is 4.79 Å². The molecule has 3 rings (SSSR count). The molecule has 0 bridgehead atoms. The van der Waals surface area contributed by atoms with E-state index in [1.165, 1.54) is 6.07 Å². The van der Waals surface area contributed by atoms with E-state index in [-0.39, 0.29) is 23.7 Å². The zero-order valence-electron chi connectivity index (χ0n) is 14.2. The first kappa shape index (κ1) is 17.7. The highest BCUT2D eigenvalue weighted by atomic mass is 35.5. The van der Waals surface area contributed by atoms with Crippen LogP contribution in [0, 0.1) is 0 Å². The quantitative estimate of drug-likeness (QED) is 0.614. The van der Waals surface area contributed by atoms with Gasteiger partial charge in [-0.25, -0.2) is 9.78 Å². The molecule has 1 atom stereocenters. The fourth-order valence-electron chi connectivity index (χ4n) is 3.35. The van der Waals surface area contributed by atoms with E-state index >= 15 is 0 Å². The van der Waals surface area contributed by atoms with E-state index < -0.39 is 5.97 Å². The van der Waals surface area contributed by atoms with Crippen molar-refractivity contribution in [2.45, 2.75) is 38.6 Å². The van der Waals surface area contributed by atoms with E-state index in [9.17, 15) is 9.59 Å². The number of esters is 1. The number of hydrogen-bond donors (Lipinski definition) is 0. The molecule has 1 aromatic heterocycles. The summed E-state index contributed by atoms with van der Waals surface area (Å²) >= 11 is 6.00. The van der Waals surface area contributed by atoms with Gasteiger partial charge in [-0.1, -0.05) is 36.7 Å². The number of amides is 1. The second kappa shape index (κ2) is 7.83. The zero-order valence-corrected chi connectivity index (χ0v) is 15.0. The number of aromatic nitrogens is 1. The third kappa shape index (κ3) is 3.93. The fraction of sp³-hybridized carbons (Fsp3) is 0.421. The molecule has 0 radical (unpaired) electrons. The molecule has 0 spiro atoms. The third-order valence-electron chi connectivity index (χ3n) is 4.65. The van der Waals surface area contributed by atoms with Crippen molar-refractivity contribution in [2.75, 3.05) is 13.2 Å². The number of ether oxygens (including phenoxy) is 1. The lowest BCUT2D eigenvalue weighted by atomic mass is 10.00. The Balaban J connectivity index is 1.72. The molecule has 1 saturated heterocycles. The van der Waals surface area contributed by atoms with E-state index in [0.29, 0.717) is 16.5 Å². The minimum absolute atomic E-state index is 0.135. The Morgan fingerprint density at radius 2 is 2.12 bits per heavy atom. The predicted octanol–water partition coefficient (Wildman–Crippen LogP) is 3.84. The summed E-state index contributed by atoms with van der Waals surface area (Å²) in [6.45, 7) is 2.57. The molecule has 0 unspecified atom stereocenters. The van der Waals surface area contributed by atoms with Crippen LogP contribution < -0.4 is 0 Å². The minimum Gasteiger partial charge on any atom is -0.452 e. The molecule has 25 heavy (non-hydrogen) atoms. The predicted molar refractivity (Wildman–Crippen MR) is 96.7 cm³/mol. The number of likely N-dealkylation sites (tertiary alicyclic amines) is 1. The number of fused-ring (bicyclic) bond motifs is 1. The van der Waals surface area contributed by atoms with Crippen molar-refractivity contribution in [2.24, 2.45) is 0 Å². The van der Waals surface area contributed by atoms with Crippen LogP contribution in [-0.2, 0) is 9.53 Å².